The van der Waals surface area contributed by atoms with Gasteiger partial charge >= 0.3 is 0 Å². The molecule has 158 valence electrons. The Morgan fingerprint density at radius 3 is 2.39 bits per heavy atom. The zero-order valence-corrected chi connectivity index (χ0v) is 20.0. The second-order valence-corrected chi connectivity index (χ2v) is 8.17. The number of likely N-dealkylation sites (tertiary alicyclic amines) is 1. The van der Waals surface area contributed by atoms with Crippen molar-refractivity contribution in [1.29, 1.82) is 0 Å². The number of nitrogens with zero attached hydrogens (tertiary/aromatic N) is 2. The van der Waals surface area contributed by atoms with Crippen LogP contribution in [0, 0.1) is 0 Å². The first-order valence-corrected chi connectivity index (χ1v) is 9.98. The van der Waals surface area contributed by atoms with Gasteiger partial charge in [0.2, 0.25) is 5.91 Å². The van der Waals surface area contributed by atoms with Crippen molar-refractivity contribution >= 4 is 35.8 Å². The molecule has 1 amide bonds. The third kappa shape index (κ3) is 9.73. The van der Waals surface area contributed by atoms with Crippen molar-refractivity contribution in [2.24, 2.45) is 4.99 Å². The summed E-state index contributed by atoms with van der Waals surface area (Å²) in [6.07, 6.45) is 2.15. The average Bonchev–Trinajstić information content (AvgIpc) is 2.61. The van der Waals surface area contributed by atoms with Crippen LogP contribution < -0.4 is 16.0 Å². The maximum atomic E-state index is 12.0. The minimum Gasteiger partial charge on any atom is -0.357 e. The van der Waals surface area contributed by atoms with Gasteiger partial charge in [-0.15, -0.1) is 24.0 Å². The van der Waals surface area contributed by atoms with Crippen LogP contribution in [0.5, 0.6) is 0 Å². The van der Waals surface area contributed by atoms with Crippen LogP contribution in [-0.2, 0) is 11.3 Å². The summed E-state index contributed by atoms with van der Waals surface area (Å²) in [4.78, 5) is 18.9. The molecule has 0 saturated carbocycles. The normalized spacial score (nSPS) is 16.2. The molecule has 0 atom stereocenters. The van der Waals surface area contributed by atoms with Gasteiger partial charge in [0.25, 0.3) is 0 Å². The molecular formula is C21H36IN5O. The highest BCUT2D eigenvalue weighted by Gasteiger charge is 2.20. The fourth-order valence-electron chi connectivity index (χ4n) is 3.20. The minimum absolute atomic E-state index is 0. The Bertz CT molecular complexity index is 607. The lowest BCUT2D eigenvalue weighted by Crippen LogP contribution is -2.49. The van der Waals surface area contributed by atoms with Crippen LogP contribution in [0.3, 0.4) is 0 Å². The van der Waals surface area contributed by atoms with Crippen LogP contribution in [0.1, 0.15) is 46.1 Å². The Morgan fingerprint density at radius 2 is 1.82 bits per heavy atom. The van der Waals surface area contributed by atoms with E-state index in [9.17, 15) is 4.79 Å². The van der Waals surface area contributed by atoms with Crippen molar-refractivity contribution in [3.8, 4) is 0 Å². The van der Waals surface area contributed by atoms with Gasteiger partial charge in [0, 0.05) is 37.8 Å². The zero-order chi connectivity index (χ0) is 19.7. The maximum absolute atomic E-state index is 12.0. The van der Waals surface area contributed by atoms with Gasteiger partial charge in [-0.05, 0) is 46.1 Å². The van der Waals surface area contributed by atoms with Crippen molar-refractivity contribution < 1.29 is 4.79 Å². The van der Waals surface area contributed by atoms with Crippen molar-refractivity contribution in [3.63, 3.8) is 0 Å². The van der Waals surface area contributed by atoms with Crippen LogP contribution in [0.2, 0.25) is 0 Å². The molecular weight excluding hydrogens is 465 g/mol. The lowest BCUT2D eigenvalue weighted by atomic mass is 10.0. The summed E-state index contributed by atoms with van der Waals surface area (Å²) >= 11 is 0. The van der Waals surface area contributed by atoms with Gasteiger partial charge in [-0.2, -0.15) is 0 Å². The standard InChI is InChI=1S/C21H35N5O.HI/c1-5-22-20(23-15-19(27)25-21(2,3)4)24-18-11-13-26(14-12-18)16-17-9-7-6-8-10-17;/h6-10,18H,5,11-16H2,1-4H3,(H,25,27)(H2,22,23,24);1H. The molecule has 1 aromatic carbocycles. The van der Waals surface area contributed by atoms with Gasteiger partial charge in [-0.1, -0.05) is 30.3 Å². The predicted octanol–water partition coefficient (Wildman–Crippen LogP) is 2.74. The molecule has 3 N–H and O–H groups in total. The Labute approximate surface area is 187 Å². The molecule has 1 aromatic rings. The minimum atomic E-state index is -0.232. The number of carbonyl (C=O) groups is 1. The molecule has 7 heteroatoms. The van der Waals surface area contributed by atoms with E-state index in [4.69, 9.17) is 0 Å². The first-order chi connectivity index (χ1) is 12.9. The van der Waals surface area contributed by atoms with Gasteiger partial charge < -0.3 is 16.0 Å². The van der Waals surface area contributed by atoms with Gasteiger partial charge in [0.05, 0.1) is 0 Å². The first-order valence-electron chi connectivity index (χ1n) is 9.98. The smallest absolute Gasteiger partial charge is 0.242 e. The molecule has 0 aromatic heterocycles. The molecule has 0 radical (unpaired) electrons. The topological polar surface area (TPSA) is 68.8 Å². The number of rotatable bonds is 6. The number of aliphatic imine (C=N–C) groups is 1. The zero-order valence-electron chi connectivity index (χ0n) is 17.6. The van der Waals surface area contributed by atoms with Gasteiger partial charge in [0.15, 0.2) is 5.96 Å². The quantitative estimate of drug-likeness (QED) is 0.319. The SMILES string of the molecule is CCNC(=NCC(=O)NC(C)(C)C)NC1CCN(Cc2ccccc2)CC1.I. The molecule has 1 aliphatic rings. The van der Waals surface area contributed by atoms with Crippen LogP contribution >= 0.6 is 24.0 Å². The number of hydrogen-bond acceptors (Lipinski definition) is 3. The second-order valence-electron chi connectivity index (χ2n) is 8.17. The molecule has 1 fully saturated rings. The summed E-state index contributed by atoms with van der Waals surface area (Å²) < 4.78 is 0. The van der Waals surface area contributed by atoms with Crippen LogP contribution in [-0.4, -0.2) is 54.5 Å². The maximum Gasteiger partial charge on any atom is 0.242 e. The molecule has 0 aliphatic carbocycles. The van der Waals surface area contributed by atoms with E-state index in [2.05, 4.69) is 56.2 Å². The van der Waals surface area contributed by atoms with Crippen molar-refractivity contribution in [2.75, 3.05) is 26.2 Å². The summed E-state index contributed by atoms with van der Waals surface area (Å²) in [5.41, 5.74) is 1.13. The van der Waals surface area contributed by atoms with Gasteiger partial charge in [-0.3, -0.25) is 9.69 Å². The first kappa shape index (κ1) is 24.7. The molecule has 28 heavy (non-hydrogen) atoms. The van der Waals surface area contributed by atoms with Crippen LogP contribution in [0.15, 0.2) is 35.3 Å². The molecule has 0 bridgehead atoms. The second kappa shape index (κ2) is 12.3. The monoisotopic (exact) mass is 501 g/mol. The molecule has 1 heterocycles. The van der Waals surface area contributed by atoms with Crippen molar-refractivity contribution in [3.05, 3.63) is 35.9 Å². The van der Waals surface area contributed by atoms with Crippen LogP contribution in [0.25, 0.3) is 0 Å². The van der Waals surface area contributed by atoms with Crippen LogP contribution in [0.4, 0.5) is 0 Å². The van der Waals surface area contributed by atoms with E-state index in [1.165, 1.54) is 5.56 Å². The van der Waals surface area contributed by atoms with E-state index in [-0.39, 0.29) is 42.0 Å². The molecule has 1 aliphatic heterocycles. The number of carbonyl (C=O) groups excluding carboxylic acids is 1. The van der Waals surface area contributed by atoms with E-state index in [1.807, 2.05) is 27.7 Å². The number of amides is 1. The number of piperidine rings is 1. The molecule has 0 spiro atoms. The van der Waals surface area contributed by atoms with Crippen molar-refractivity contribution in [1.82, 2.24) is 20.9 Å². The highest BCUT2D eigenvalue weighted by molar-refractivity contribution is 14.0. The van der Waals surface area contributed by atoms with E-state index < -0.39 is 0 Å². The lowest BCUT2D eigenvalue weighted by molar-refractivity contribution is -0.121. The number of guanidine groups is 1. The summed E-state index contributed by atoms with van der Waals surface area (Å²) in [6, 6.07) is 11.0. The number of halogens is 1. The number of benzene rings is 1. The Balaban J connectivity index is 0.00000392. The average molecular weight is 501 g/mol. The highest BCUT2D eigenvalue weighted by atomic mass is 127. The summed E-state index contributed by atoms with van der Waals surface area (Å²) in [5, 5.41) is 9.68. The molecule has 6 nitrogen and oxygen atoms in total. The third-order valence-corrected chi connectivity index (χ3v) is 4.42. The fourth-order valence-corrected chi connectivity index (χ4v) is 3.20. The van der Waals surface area contributed by atoms with Gasteiger partial charge in [0.1, 0.15) is 6.54 Å². The number of nitrogens with one attached hydrogen (secondary N) is 3. The fraction of sp³-hybridized carbons (Fsp3) is 0.619. The van der Waals surface area contributed by atoms with Gasteiger partial charge in [-0.25, -0.2) is 4.99 Å². The van der Waals surface area contributed by atoms with E-state index in [0.717, 1.165) is 45.0 Å². The molecule has 1 saturated heterocycles. The Morgan fingerprint density at radius 1 is 1.18 bits per heavy atom. The Kier molecular flexibility index (Phi) is 10.8. The highest BCUT2D eigenvalue weighted by Crippen LogP contribution is 2.13. The van der Waals surface area contributed by atoms with E-state index in [0.29, 0.717) is 6.04 Å². The predicted molar refractivity (Wildman–Crippen MR) is 127 cm³/mol. The number of hydrogen-bond donors (Lipinski definition) is 3. The summed E-state index contributed by atoms with van der Waals surface area (Å²) in [6.45, 7) is 12.0. The third-order valence-electron chi connectivity index (χ3n) is 4.42. The van der Waals surface area contributed by atoms with E-state index in [1.54, 1.807) is 0 Å². The summed E-state index contributed by atoms with van der Waals surface area (Å²) in [7, 11) is 0. The lowest BCUT2D eigenvalue weighted by Gasteiger charge is -2.33. The molecule has 2 rings (SSSR count). The van der Waals surface area contributed by atoms with E-state index >= 15 is 0 Å². The summed E-state index contributed by atoms with van der Waals surface area (Å²) in [5.74, 6) is 0.667. The molecule has 0 unspecified atom stereocenters. The van der Waals surface area contributed by atoms with Crippen molar-refractivity contribution in [2.45, 2.75) is 58.7 Å². The Hall–Kier alpha value is -1.35. The largest absolute Gasteiger partial charge is 0.357 e.